The molecule has 0 heterocycles. The highest BCUT2D eigenvalue weighted by atomic mass is 32.2. The summed E-state index contributed by atoms with van der Waals surface area (Å²) in [7, 11) is -3.69. The lowest BCUT2D eigenvalue weighted by molar-refractivity contribution is 0.341. The molecule has 2 rings (SSSR count). The first-order valence-electron chi connectivity index (χ1n) is 6.38. The summed E-state index contributed by atoms with van der Waals surface area (Å²) in [4.78, 5) is -0.0700. The van der Waals surface area contributed by atoms with Crippen molar-refractivity contribution >= 4 is 15.7 Å². The van der Waals surface area contributed by atoms with Gasteiger partial charge >= 0.3 is 0 Å². The van der Waals surface area contributed by atoms with E-state index in [4.69, 9.17) is 5.73 Å². The van der Waals surface area contributed by atoms with Crippen LogP contribution in [-0.4, -0.2) is 25.3 Å². The van der Waals surface area contributed by atoms with Crippen molar-refractivity contribution in [3.8, 4) is 0 Å². The van der Waals surface area contributed by atoms with E-state index in [1.54, 1.807) is 0 Å². The molecule has 1 aromatic rings. The summed E-state index contributed by atoms with van der Waals surface area (Å²) in [5.41, 5.74) is 5.64. The van der Waals surface area contributed by atoms with Gasteiger partial charge in [0.2, 0.25) is 10.0 Å². The molecule has 4 nitrogen and oxygen atoms in total. The summed E-state index contributed by atoms with van der Waals surface area (Å²) in [5, 5.41) is 0. The predicted molar refractivity (Wildman–Crippen MR) is 72.6 cm³/mol. The molecule has 0 bridgehead atoms. The van der Waals surface area contributed by atoms with Crippen LogP contribution in [-0.2, 0) is 10.0 Å². The highest BCUT2D eigenvalue weighted by molar-refractivity contribution is 7.89. The molecule has 0 radical (unpaired) electrons. The van der Waals surface area contributed by atoms with Gasteiger partial charge in [0.25, 0.3) is 0 Å². The molecular weight excluding hydrogens is 267 g/mol. The summed E-state index contributed by atoms with van der Waals surface area (Å²) in [6, 6.07) is 3.28. The van der Waals surface area contributed by atoms with Gasteiger partial charge in [-0.05, 0) is 50.8 Å². The smallest absolute Gasteiger partial charge is 0.243 e. The van der Waals surface area contributed by atoms with Crippen molar-refractivity contribution in [2.45, 2.75) is 37.6 Å². The Bertz CT molecular complexity index is 548. The number of anilines is 1. The average molecular weight is 286 g/mol. The number of sulfonamides is 1. The van der Waals surface area contributed by atoms with E-state index in [0.29, 0.717) is 12.5 Å². The van der Waals surface area contributed by atoms with Crippen molar-refractivity contribution in [1.82, 2.24) is 4.31 Å². The lowest BCUT2D eigenvalue weighted by atomic mass is 10.3. The first kappa shape index (κ1) is 14.3. The Labute approximate surface area is 113 Å². The van der Waals surface area contributed by atoms with Gasteiger partial charge in [0, 0.05) is 18.3 Å². The fourth-order valence-electron chi connectivity index (χ4n) is 2.01. The van der Waals surface area contributed by atoms with Crippen LogP contribution in [0.1, 0.15) is 26.7 Å². The Morgan fingerprint density at radius 3 is 2.47 bits per heavy atom. The van der Waals surface area contributed by atoms with Crippen molar-refractivity contribution in [2.24, 2.45) is 5.92 Å². The zero-order valence-electron chi connectivity index (χ0n) is 11.1. The largest absolute Gasteiger partial charge is 0.399 e. The Balaban J connectivity index is 2.37. The summed E-state index contributed by atoms with van der Waals surface area (Å²) in [6.45, 7) is 4.14. The van der Waals surface area contributed by atoms with Gasteiger partial charge in [-0.2, -0.15) is 4.31 Å². The van der Waals surface area contributed by atoms with Gasteiger partial charge in [0.1, 0.15) is 5.82 Å². The maximum atomic E-state index is 13.3. The highest BCUT2D eigenvalue weighted by Gasteiger charge is 2.33. The van der Waals surface area contributed by atoms with E-state index in [2.05, 4.69) is 0 Å². The Kier molecular flexibility index (Phi) is 3.82. The minimum Gasteiger partial charge on any atom is -0.399 e. The SMILES string of the molecule is CC(C)N(CC1CC1)S(=O)(=O)c1cc(N)cc(F)c1. The lowest BCUT2D eigenvalue weighted by Gasteiger charge is -2.26. The van der Waals surface area contributed by atoms with E-state index < -0.39 is 15.8 Å². The highest BCUT2D eigenvalue weighted by Crippen LogP contribution is 2.32. The molecule has 19 heavy (non-hydrogen) atoms. The molecule has 0 saturated heterocycles. The number of benzene rings is 1. The van der Waals surface area contributed by atoms with E-state index >= 15 is 0 Å². The molecule has 0 unspecified atom stereocenters. The van der Waals surface area contributed by atoms with Gasteiger partial charge in [-0.25, -0.2) is 12.8 Å². The number of hydrogen-bond donors (Lipinski definition) is 1. The Morgan fingerprint density at radius 1 is 1.37 bits per heavy atom. The molecule has 2 N–H and O–H groups in total. The maximum Gasteiger partial charge on any atom is 0.243 e. The molecule has 0 aliphatic heterocycles. The van der Waals surface area contributed by atoms with Crippen LogP contribution < -0.4 is 5.73 Å². The zero-order valence-corrected chi connectivity index (χ0v) is 12.0. The van der Waals surface area contributed by atoms with Crippen LogP contribution in [0, 0.1) is 11.7 Å². The predicted octanol–water partition coefficient (Wildman–Crippen LogP) is 2.22. The topological polar surface area (TPSA) is 63.4 Å². The van der Waals surface area contributed by atoms with Gasteiger partial charge < -0.3 is 5.73 Å². The fraction of sp³-hybridized carbons (Fsp3) is 0.538. The number of rotatable bonds is 5. The second kappa shape index (κ2) is 5.09. The molecule has 0 amide bonds. The van der Waals surface area contributed by atoms with E-state index in [1.807, 2.05) is 13.8 Å². The molecular formula is C13H19FN2O2S. The van der Waals surface area contributed by atoms with Crippen molar-refractivity contribution in [3.63, 3.8) is 0 Å². The molecule has 1 fully saturated rings. The van der Waals surface area contributed by atoms with Crippen molar-refractivity contribution in [1.29, 1.82) is 0 Å². The second-order valence-electron chi connectivity index (χ2n) is 5.33. The normalized spacial score (nSPS) is 16.3. The summed E-state index contributed by atoms with van der Waals surface area (Å²) < 4.78 is 39.9. The van der Waals surface area contributed by atoms with Gasteiger partial charge in [0.05, 0.1) is 4.90 Å². The van der Waals surface area contributed by atoms with Gasteiger partial charge in [0.15, 0.2) is 0 Å². The van der Waals surface area contributed by atoms with Crippen LogP contribution in [0.3, 0.4) is 0 Å². The third kappa shape index (κ3) is 3.25. The molecule has 0 aromatic heterocycles. The van der Waals surface area contributed by atoms with Crippen LogP contribution in [0.4, 0.5) is 10.1 Å². The first-order valence-corrected chi connectivity index (χ1v) is 7.82. The van der Waals surface area contributed by atoms with Crippen LogP contribution in [0.2, 0.25) is 0 Å². The number of halogens is 1. The molecule has 1 aliphatic rings. The third-order valence-corrected chi connectivity index (χ3v) is 5.23. The van der Waals surface area contributed by atoms with Gasteiger partial charge in [-0.15, -0.1) is 0 Å². The molecule has 0 atom stereocenters. The van der Waals surface area contributed by atoms with Crippen molar-refractivity contribution in [2.75, 3.05) is 12.3 Å². The Morgan fingerprint density at radius 2 is 2.00 bits per heavy atom. The molecule has 106 valence electrons. The van der Waals surface area contributed by atoms with E-state index in [-0.39, 0.29) is 16.6 Å². The molecule has 1 saturated carbocycles. The van der Waals surface area contributed by atoms with Crippen LogP contribution >= 0.6 is 0 Å². The zero-order chi connectivity index (χ0) is 14.2. The summed E-state index contributed by atoms with van der Waals surface area (Å²) >= 11 is 0. The molecule has 6 heteroatoms. The maximum absolute atomic E-state index is 13.3. The minimum absolute atomic E-state index is 0.0700. The quantitative estimate of drug-likeness (QED) is 0.844. The molecule has 1 aliphatic carbocycles. The molecule has 1 aromatic carbocycles. The average Bonchev–Trinajstić information content (AvgIpc) is 3.07. The summed E-state index contributed by atoms with van der Waals surface area (Å²) in [5.74, 6) is -0.197. The monoisotopic (exact) mass is 286 g/mol. The van der Waals surface area contributed by atoms with E-state index in [9.17, 15) is 12.8 Å². The van der Waals surface area contributed by atoms with Crippen molar-refractivity contribution in [3.05, 3.63) is 24.0 Å². The van der Waals surface area contributed by atoms with Crippen molar-refractivity contribution < 1.29 is 12.8 Å². The number of hydrogen-bond acceptors (Lipinski definition) is 3. The standard InChI is InChI=1S/C13H19FN2O2S/c1-9(2)16(8-10-3-4-10)19(17,18)13-6-11(14)5-12(15)7-13/h5-7,9-10H,3-4,8,15H2,1-2H3. The Hall–Kier alpha value is -1.14. The van der Waals surface area contributed by atoms with Gasteiger partial charge in [-0.3, -0.25) is 0 Å². The fourth-order valence-corrected chi connectivity index (χ4v) is 3.79. The van der Waals surface area contributed by atoms with Crippen LogP contribution in [0.15, 0.2) is 23.1 Å². The van der Waals surface area contributed by atoms with E-state index in [0.717, 1.165) is 25.0 Å². The third-order valence-electron chi connectivity index (χ3n) is 3.21. The number of nitrogens with two attached hydrogens (primary N) is 1. The van der Waals surface area contributed by atoms with Gasteiger partial charge in [-0.1, -0.05) is 0 Å². The first-order chi connectivity index (χ1) is 8.80. The second-order valence-corrected chi connectivity index (χ2v) is 7.22. The van der Waals surface area contributed by atoms with Crippen LogP contribution in [0.5, 0.6) is 0 Å². The minimum atomic E-state index is -3.69. The molecule has 0 spiro atoms. The van der Waals surface area contributed by atoms with E-state index in [1.165, 1.54) is 10.4 Å². The number of nitrogens with zero attached hydrogens (tertiary/aromatic N) is 1. The lowest BCUT2D eigenvalue weighted by Crippen LogP contribution is -2.38. The number of nitrogen functional groups attached to an aromatic ring is 1. The summed E-state index contributed by atoms with van der Waals surface area (Å²) in [6.07, 6.45) is 2.12. The van der Waals surface area contributed by atoms with Crippen LogP contribution in [0.25, 0.3) is 0 Å².